The largest absolute Gasteiger partial charge is 0.317 e. The number of benzene rings is 1. The van der Waals surface area contributed by atoms with E-state index in [1.54, 1.807) is 0 Å². The average molecular weight is 254 g/mol. The summed E-state index contributed by atoms with van der Waals surface area (Å²) < 4.78 is 0. The second kappa shape index (κ2) is 5.70. The van der Waals surface area contributed by atoms with Gasteiger partial charge in [0.1, 0.15) is 0 Å². The Hall–Kier alpha value is -1.41. The summed E-state index contributed by atoms with van der Waals surface area (Å²) in [5.74, 6) is 1.45. The number of pyridine rings is 1. The standard InChI is InChI=1S/C17H22N2/c1-2-18-12-14-7-4-9-15(14)16-10-3-6-13-8-5-11-19-17(13)16/h3,5-6,8,10-11,14-15,18H,2,4,7,9,12H2,1H3. The summed E-state index contributed by atoms with van der Waals surface area (Å²) in [5.41, 5.74) is 2.66. The van der Waals surface area contributed by atoms with Gasteiger partial charge in [-0.2, -0.15) is 0 Å². The molecular formula is C17H22N2. The SMILES string of the molecule is CCNCC1CCCC1c1cccc2cccnc12. The molecule has 1 heterocycles. The highest BCUT2D eigenvalue weighted by Gasteiger charge is 2.29. The zero-order chi connectivity index (χ0) is 13.1. The summed E-state index contributed by atoms with van der Waals surface area (Å²) in [6.07, 6.45) is 5.93. The molecule has 0 bridgehead atoms. The van der Waals surface area contributed by atoms with Gasteiger partial charge in [-0.3, -0.25) is 4.98 Å². The number of nitrogens with one attached hydrogen (secondary N) is 1. The maximum absolute atomic E-state index is 4.62. The number of hydrogen-bond acceptors (Lipinski definition) is 2. The van der Waals surface area contributed by atoms with Crippen LogP contribution in [0.3, 0.4) is 0 Å². The molecule has 1 fully saturated rings. The molecule has 3 rings (SSSR count). The Balaban J connectivity index is 1.94. The van der Waals surface area contributed by atoms with Gasteiger partial charge in [-0.1, -0.05) is 37.6 Å². The van der Waals surface area contributed by atoms with E-state index < -0.39 is 0 Å². The lowest BCUT2D eigenvalue weighted by molar-refractivity contribution is 0.452. The van der Waals surface area contributed by atoms with Crippen molar-refractivity contribution in [2.75, 3.05) is 13.1 Å². The molecule has 1 aromatic heterocycles. The van der Waals surface area contributed by atoms with Gasteiger partial charge < -0.3 is 5.32 Å². The van der Waals surface area contributed by atoms with E-state index in [4.69, 9.17) is 0 Å². The normalized spacial score (nSPS) is 23.0. The zero-order valence-corrected chi connectivity index (χ0v) is 11.6. The van der Waals surface area contributed by atoms with Gasteiger partial charge in [0.05, 0.1) is 5.52 Å². The van der Waals surface area contributed by atoms with Crippen LogP contribution >= 0.6 is 0 Å². The molecular weight excluding hydrogens is 232 g/mol. The van der Waals surface area contributed by atoms with Crippen LogP contribution in [0.1, 0.15) is 37.7 Å². The van der Waals surface area contributed by atoms with E-state index in [0.29, 0.717) is 5.92 Å². The molecule has 0 spiro atoms. The van der Waals surface area contributed by atoms with Crippen molar-refractivity contribution in [2.45, 2.75) is 32.1 Å². The Morgan fingerprint density at radius 1 is 1.21 bits per heavy atom. The summed E-state index contributed by atoms with van der Waals surface area (Å²) in [5, 5.41) is 4.79. The molecule has 19 heavy (non-hydrogen) atoms. The monoisotopic (exact) mass is 254 g/mol. The highest BCUT2D eigenvalue weighted by atomic mass is 14.8. The fourth-order valence-electron chi connectivity index (χ4n) is 3.45. The van der Waals surface area contributed by atoms with Crippen molar-refractivity contribution in [3.63, 3.8) is 0 Å². The Labute approximate surface area is 115 Å². The third kappa shape index (κ3) is 2.50. The third-order valence-corrected chi connectivity index (χ3v) is 4.38. The second-order valence-corrected chi connectivity index (χ2v) is 5.53. The van der Waals surface area contributed by atoms with E-state index in [1.807, 2.05) is 12.3 Å². The van der Waals surface area contributed by atoms with E-state index in [1.165, 1.54) is 35.7 Å². The number of aromatic nitrogens is 1. The first-order valence-corrected chi connectivity index (χ1v) is 7.44. The van der Waals surface area contributed by atoms with Crippen LogP contribution in [0.4, 0.5) is 0 Å². The van der Waals surface area contributed by atoms with Gasteiger partial charge in [-0.15, -0.1) is 0 Å². The predicted molar refractivity (Wildman–Crippen MR) is 80.4 cm³/mol. The first-order chi connectivity index (χ1) is 9.40. The Bertz CT molecular complexity index is 544. The summed E-state index contributed by atoms with van der Waals surface area (Å²) in [6.45, 7) is 4.39. The Morgan fingerprint density at radius 3 is 3.00 bits per heavy atom. The molecule has 2 heteroatoms. The van der Waals surface area contributed by atoms with Crippen molar-refractivity contribution in [3.8, 4) is 0 Å². The molecule has 0 radical (unpaired) electrons. The molecule has 1 N–H and O–H groups in total. The van der Waals surface area contributed by atoms with Crippen LogP contribution in [0.5, 0.6) is 0 Å². The lowest BCUT2D eigenvalue weighted by Gasteiger charge is -2.21. The van der Waals surface area contributed by atoms with Crippen LogP contribution in [-0.4, -0.2) is 18.1 Å². The predicted octanol–water partition coefficient (Wildman–Crippen LogP) is 3.73. The van der Waals surface area contributed by atoms with Crippen molar-refractivity contribution in [2.24, 2.45) is 5.92 Å². The van der Waals surface area contributed by atoms with Gasteiger partial charge in [0.25, 0.3) is 0 Å². The molecule has 0 amide bonds. The topological polar surface area (TPSA) is 24.9 Å². The number of hydrogen-bond donors (Lipinski definition) is 1. The maximum atomic E-state index is 4.62. The minimum Gasteiger partial charge on any atom is -0.317 e. The van der Waals surface area contributed by atoms with Crippen LogP contribution < -0.4 is 5.32 Å². The van der Waals surface area contributed by atoms with Crippen LogP contribution in [0.25, 0.3) is 10.9 Å². The van der Waals surface area contributed by atoms with Crippen molar-refractivity contribution >= 4 is 10.9 Å². The van der Waals surface area contributed by atoms with Crippen LogP contribution in [0.15, 0.2) is 36.5 Å². The Kier molecular flexibility index (Phi) is 3.79. The molecule has 100 valence electrons. The summed E-state index contributed by atoms with van der Waals surface area (Å²) in [7, 11) is 0. The first kappa shape index (κ1) is 12.6. The highest BCUT2D eigenvalue weighted by molar-refractivity contribution is 5.82. The van der Waals surface area contributed by atoms with Crippen molar-refractivity contribution in [1.82, 2.24) is 10.3 Å². The quantitative estimate of drug-likeness (QED) is 0.899. The molecule has 2 aromatic rings. The van der Waals surface area contributed by atoms with E-state index in [2.05, 4.69) is 41.5 Å². The molecule has 0 saturated heterocycles. The third-order valence-electron chi connectivity index (χ3n) is 4.38. The van der Waals surface area contributed by atoms with Crippen molar-refractivity contribution in [3.05, 3.63) is 42.1 Å². The van der Waals surface area contributed by atoms with Crippen LogP contribution in [0, 0.1) is 5.92 Å². The van der Waals surface area contributed by atoms with Crippen LogP contribution in [-0.2, 0) is 0 Å². The number of para-hydroxylation sites is 1. The molecule has 2 unspecified atom stereocenters. The molecule has 1 aromatic carbocycles. The van der Waals surface area contributed by atoms with E-state index in [0.717, 1.165) is 19.0 Å². The maximum Gasteiger partial charge on any atom is 0.0736 e. The fraction of sp³-hybridized carbons (Fsp3) is 0.471. The second-order valence-electron chi connectivity index (χ2n) is 5.53. The van der Waals surface area contributed by atoms with Gasteiger partial charge in [-0.25, -0.2) is 0 Å². The fourth-order valence-corrected chi connectivity index (χ4v) is 3.45. The smallest absolute Gasteiger partial charge is 0.0736 e. The van der Waals surface area contributed by atoms with Gasteiger partial charge >= 0.3 is 0 Å². The molecule has 2 atom stereocenters. The molecule has 1 aliphatic carbocycles. The molecule has 1 saturated carbocycles. The zero-order valence-electron chi connectivity index (χ0n) is 11.6. The van der Waals surface area contributed by atoms with Gasteiger partial charge in [0.15, 0.2) is 0 Å². The van der Waals surface area contributed by atoms with Gasteiger partial charge in [0, 0.05) is 11.6 Å². The van der Waals surface area contributed by atoms with Crippen molar-refractivity contribution in [1.29, 1.82) is 0 Å². The summed E-state index contributed by atoms with van der Waals surface area (Å²) in [4.78, 5) is 4.62. The van der Waals surface area contributed by atoms with Gasteiger partial charge in [-0.05, 0) is 49.4 Å². The lowest BCUT2D eigenvalue weighted by atomic mass is 9.87. The van der Waals surface area contributed by atoms with Crippen LogP contribution in [0.2, 0.25) is 0 Å². The Morgan fingerprint density at radius 2 is 2.11 bits per heavy atom. The van der Waals surface area contributed by atoms with E-state index in [9.17, 15) is 0 Å². The minimum atomic E-state index is 0.678. The van der Waals surface area contributed by atoms with E-state index >= 15 is 0 Å². The summed E-state index contributed by atoms with van der Waals surface area (Å²) >= 11 is 0. The van der Waals surface area contributed by atoms with E-state index in [-0.39, 0.29) is 0 Å². The number of fused-ring (bicyclic) bond motifs is 1. The van der Waals surface area contributed by atoms with Gasteiger partial charge in [0.2, 0.25) is 0 Å². The molecule has 1 aliphatic rings. The highest BCUT2D eigenvalue weighted by Crippen LogP contribution is 2.41. The lowest BCUT2D eigenvalue weighted by Crippen LogP contribution is -2.24. The molecule has 0 aliphatic heterocycles. The van der Waals surface area contributed by atoms with Crippen molar-refractivity contribution < 1.29 is 0 Å². The summed E-state index contributed by atoms with van der Waals surface area (Å²) in [6, 6.07) is 10.8. The first-order valence-electron chi connectivity index (χ1n) is 7.44. The number of nitrogens with zero attached hydrogens (tertiary/aromatic N) is 1. The molecule has 2 nitrogen and oxygen atoms in total. The average Bonchev–Trinajstić information content (AvgIpc) is 2.92. The number of rotatable bonds is 4. The minimum absolute atomic E-state index is 0.678.